The van der Waals surface area contributed by atoms with Crippen LogP contribution in [0.25, 0.3) is 0 Å². The Morgan fingerprint density at radius 2 is 2.11 bits per heavy atom. The first kappa shape index (κ1) is 14.0. The van der Waals surface area contributed by atoms with Crippen molar-refractivity contribution < 1.29 is 13.5 Å². The van der Waals surface area contributed by atoms with Crippen LogP contribution in [0.1, 0.15) is 26.7 Å². The first-order chi connectivity index (χ1) is 9.04. The van der Waals surface area contributed by atoms with Gasteiger partial charge in [-0.05, 0) is 19.8 Å². The minimum absolute atomic E-state index is 0.0630. The number of pyridine rings is 1. The molecule has 1 aromatic rings. The summed E-state index contributed by atoms with van der Waals surface area (Å²) in [6.07, 6.45) is 1.61. The topological polar surface area (TPSA) is 46.2 Å². The third-order valence-corrected chi connectivity index (χ3v) is 3.11. The van der Waals surface area contributed by atoms with Gasteiger partial charge in [0.25, 0.3) is 0 Å². The van der Waals surface area contributed by atoms with E-state index in [0.29, 0.717) is 19.8 Å². The highest BCUT2D eigenvalue weighted by molar-refractivity contribution is 5.49. The molecule has 2 rings (SSSR count). The second-order valence-corrected chi connectivity index (χ2v) is 5.06. The summed E-state index contributed by atoms with van der Waals surface area (Å²) in [5.74, 6) is -1.22. The van der Waals surface area contributed by atoms with Crippen LogP contribution in [-0.4, -0.2) is 30.3 Å². The lowest BCUT2D eigenvalue weighted by Gasteiger charge is -2.24. The molecule has 1 aromatic heterocycles. The van der Waals surface area contributed by atoms with Gasteiger partial charge in [-0.25, -0.2) is 13.8 Å². The average molecular weight is 271 g/mol. The van der Waals surface area contributed by atoms with E-state index in [9.17, 15) is 8.78 Å². The molecule has 0 saturated carbocycles. The molecule has 1 unspecified atom stereocenters. The van der Waals surface area contributed by atoms with Crippen molar-refractivity contribution in [1.82, 2.24) is 4.98 Å². The van der Waals surface area contributed by atoms with Crippen LogP contribution in [0.3, 0.4) is 0 Å². The van der Waals surface area contributed by atoms with E-state index in [0.717, 1.165) is 18.9 Å². The minimum atomic E-state index is -0.687. The molecule has 2 heterocycles. The van der Waals surface area contributed by atoms with Crippen LogP contribution in [0.2, 0.25) is 0 Å². The minimum Gasteiger partial charge on any atom is -0.379 e. The maximum absolute atomic E-state index is 13.7. The largest absolute Gasteiger partial charge is 0.379 e. The molecule has 6 heteroatoms. The number of rotatable bonds is 5. The molecule has 1 atom stereocenters. The van der Waals surface area contributed by atoms with Gasteiger partial charge in [0.15, 0.2) is 23.3 Å². The van der Waals surface area contributed by atoms with Gasteiger partial charge in [0.2, 0.25) is 0 Å². The Morgan fingerprint density at radius 1 is 1.37 bits per heavy atom. The third-order valence-electron chi connectivity index (χ3n) is 3.11. The molecule has 1 aliphatic heterocycles. The summed E-state index contributed by atoms with van der Waals surface area (Å²) in [6, 6.07) is 0.854. The molecular weight excluding hydrogens is 252 g/mol. The molecule has 2 N–H and O–H groups in total. The van der Waals surface area contributed by atoms with Crippen molar-refractivity contribution in [2.75, 3.05) is 30.4 Å². The van der Waals surface area contributed by atoms with Gasteiger partial charge in [0.05, 0.1) is 12.1 Å². The Labute approximate surface area is 111 Å². The quantitative estimate of drug-likeness (QED) is 0.864. The Balaban J connectivity index is 2.19. The van der Waals surface area contributed by atoms with Gasteiger partial charge in [-0.3, -0.25) is 0 Å². The molecule has 4 nitrogen and oxygen atoms in total. The number of hydrogen-bond donors (Lipinski definition) is 2. The van der Waals surface area contributed by atoms with Gasteiger partial charge in [0, 0.05) is 19.2 Å². The summed E-state index contributed by atoms with van der Waals surface area (Å²) < 4.78 is 32.6. The summed E-state index contributed by atoms with van der Waals surface area (Å²) in [4.78, 5) is 3.99. The number of nitrogens with zero attached hydrogens (tertiary/aromatic N) is 1. The number of halogens is 2. The monoisotopic (exact) mass is 271 g/mol. The highest BCUT2D eigenvalue weighted by Crippen LogP contribution is 2.26. The fraction of sp³-hybridized carbons (Fsp3) is 0.615. The lowest BCUT2D eigenvalue weighted by Crippen LogP contribution is -2.35. The Hall–Kier alpha value is -1.43. The van der Waals surface area contributed by atoms with E-state index in [1.165, 1.54) is 0 Å². The van der Waals surface area contributed by atoms with E-state index in [2.05, 4.69) is 15.6 Å². The zero-order valence-electron chi connectivity index (χ0n) is 11.2. The standard InChI is InChI=1S/C13H19F2N3O/c1-3-5-16-11-9(14)7-10(15)12(17-11)18-13(2)4-6-19-8-13/h7H,3-6,8H2,1-2H3,(H2,16,17,18). The van der Waals surface area contributed by atoms with Crippen LogP contribution >= 0.6 is 0 Å². The van der Waals surface area contributed by atoms with Crippen molar-refractivity contribution in [3.63, 3.8) is 0 Å². The van der Waals surface area contributed by atoms with Crippen LogP contribution in [0.5, 0.6) is 0 Å². The Kier molecular flexibility index (Phi) is 4.19. The van der Waals surface area contributed by atoms with Crippen molar-refractivity contribution in [2.24, 2.45) is 0 Å². The average Bonchev–Trinajstić information content (AvgIpc) is 2.78. The number of nitrogens with one attached hydrogen (secondary N) is 2. The molecule has 0 aromatic carbocycles. The lowest BCUT2D eigenvalue weighted by molar-refractivity contribution is 0.185. The fourth-order valence-electron chi connectivity index (χ4n) is 1.97. The number of anilines is 2. The molecule has 106 valence electrons. The molecule has 0 amide bonds. The van der Waals surface area contributed by atoms with Crippen molar-refractivity contribution in [2.45, 2.75) is 32.2 Å². The van der Waals surface area contributed by atoms with Crippen molar-refractivity contribution in [1.29, 1.82) is 0 Å². The van der Waals surface area contributed by atoms with E-state index < -0.39 is 11.6 Å². The van der Waals surface area contributed by atoms with E-state index >= 15 is 0 Å². The summed E-state index contributed by atoms with van der Waals surface area (Å²) in [7, 11) is 0. The highest BCUT2D eigenvalue weighted by Gasteiger charge is 2.31. The number of ether oxygens (including phenoxy) is 1. The van der Waals surface area contributed by atoms with E-state index in [-0.39, 0.29) is 17.2 Å². The zero-order valence-corrected chi connectivity index (χ0v) is 11.2. The van der Waals surface area contributed by atoms with Crippen molar-refractivity contribution in [3.8, 4) is 0 Å². The van der Waals surface area contributed by atoms with Gasteiger partial charge in [0.1, 0.15) is 0 Å². The summed E-state index contributed by atoms with van der Waals surface area (Å²) >= 11 is 0. The van der Waals surface area contributed by atoms with Crippen LogP contribution in [-0.2, 0) is 4.74 Å². The Morgan fingerprint density at radius 3 is 2.74 bits per heavy atom. The maximum atomic E-state index is 13.7. The predicted octanol–water partition coefficient (Wildman–Crippen LogP) is 2.77. The third kappa shape index (κ3) is 3.32. The van der Waals surface area contributed by atoms with Crippen LogP contribution in [0, 0.1) is 11.6 Å². The van der Waals surface area contributed by atoms with E-state index in [1.807, 2.05) is 13.8 Å². The predicted molar refractivity (Wildman–Crippen MR) is 70.4 cm³/mol. The fourth-order valence-corrected chi connectivity index (χ4v) is 1.97. The first-order valence-corrected chi connectivity index (χ1v) is 6.50. The highest BCUT2D eigenvalue weighted by atomic mass is 19.1. The van der Waals surface area contributed by atoms with E-state index in [4.69, 9.17) is 4.74 Å². The van der Waals surface area contributed by atoms with Gasteiger partial charge in [-0.1, -0.05) is 6.92 Å². The van der Waals surface area contributed by atoms with Crippen LogP contribution in [0.15, 0.2) is 6.07 Å². The second-order valence-electron chi connectivity index (χ2n) is 5.06. The molecular formula is C13H19F2N3O. The molecule has 19 heavy (non-hydrogen) atoms. The Bertz CT molecular complexity index is 448. The van der Waals surface area contributed by atoms with Gasteiger partial charge in [-0.15, -0.1) is 0 Å². The van der Waals surface area contributed by atoms with Gasteiger partial charge < -0.3 is 15.4 Å². The van der Waals surface area contributed by atoms with Crippen molar-refractivity contribution in [3.05, 3.63) is 17.7 Å². The first-order valence-electron chi connectivity index (χ1n) is 6.50. The summed E-state index contributed by atoms with van der Waals surface area (Å²) in [6.45, 7) is 5.61. The summed E-state index contributed by atoms with van der Waals surface area (Å²) in [5, 5.41) is 5.86. The van der Waals surface area contributed by atoms with Crippen LogP contribution < -0.4 is 10.6 Å². The molecule has 0 radical (unpaired) electrons. The molecule has 1 aliphatic rings. The normalized spacial score (nSPS) is 22.5. The van der Waals surface area contributed by atoms with Crippen LogP contribution in [0.4, 0.5) is 20.4 Å². The van der Waals surface area contributed by atoms with Crippen molar-refractivity contribution >= 4 is 11.6 Å². The number of aromatic nitrogens is 1. The van der Waals surface area contributed by atoms with Gasteiger partial charge in [-0.2, -0.15) is 0 Å². The molecule has 0 aliphatic carbocycles. The molecule has 1 saturated heterocycles. The van der Waals surface area contributed by atoms with E-state index in [1.54, 1.807) is 0 Å². The maximum Gasteiger partial charge on any atom is 0.168 e. The SMILES string of the molecule is CCCNc1nc(NC2(C)CCOC2)c(F)cc1F. The smallest absolute Gasteiger partial charge is 0.168 e. The second kappa shape index (κ2) is 5.69. The summed E-state index contributed by atoms with van der Waals surface area (Å²) in [5.41, 5.74) is -0.353. The van der Waals surface area contributed by atoms with Gasteiger partial charge >= 0.3 is 0 Å². The number of hydrogen-bond acceptors (Lipinski definition) is 4. The molecule has 1 fully saturated rings. The molecule has 0 bridgehead atoms. The lowest BCUT2D eigenvalue weighted by atomic mass is 10.0. The zero-order chi connectivity index (χ0) is 13.9. The molecule has 0 spiro atoms.